The van der Waals surface area contributed by atoms with Crippen LogP contribution in [0.2, 0.25) is 0 Å². The Kier molecular flexibility index (Phi) is 3.75. The predicted molar refractivity (Wildman–Crippen MR) is 62.1 cm³/mol. The molecule has 0 amide bonds. The van der Waals surface area contributed by atoms with E-state index in [1.165, 1.54) is 12.1 Å². The molecule has 100 valence electrons. The normalized spacial score (nSPS) is 12.3. The average Bonchev–Trinajstić information content (AvgIpc) is 2.82. The molecule has 0 aliphatic heterocycles. The lowest BCUT2D eigenvalue weighted by Crippen LogP contribution is -1.99. The highest BCUT2D eigenvalue weighted by Crippen LogP contribution is 2.18. The summed E-state index contributed by atoms with van der Waals surface area (Å²) in [6.07, 6.45) is 0. The lowest BCUT2D eigenvalue weighted by atomic mass is 10.2. The molecule has 0 bridgehead atoms. The van der Waals surface area contributed by atoms with Crippen LogP contribution in [-0.4, -0.2) is 15.3 Å². The Labute approximate surface area is 109 Å². The highest BCUT2D eigenvalue weighted by molar-refractivity contribution is 7.84. The molecule has 1 heterocycles. The molecule has 2 rings (SSSR count). The van der Waals surface area contributed by atoms with Crippen molar-refractivity contribution in [3.63, 3.8) is 0 Å². The van der Waals surface area contributed by atoms with E-state index in [2.05, 4.69) is 0 Å². The molecule has 19 heavy (non-hydrogen) atoms. The molecule has 1 N–H and O–H groups in total. The van der Waals surface area contributed by atoms with E-state index in [-0.39, 0.29) is 22.2 Å². The van der Waals surface area contributed by atoms with Crippen LogP contribution in [-0.2, 0) is 16.6 Å². The molecule has 0 saturated heterocycles. The van der Waals surface area contributed by atoms with Crippen molar-refractivity contribution in [1.82, 2.24) is 0 Å². The van der Waals surface area contributed by atoms with E-state index in [1.807, 2.05) is 0 Å². The summed E-state index contributed by atoms with van der Waals surface area (Å²) in [6, 6.07) is 5.35. The van der Waals surface area contributed by atoms with Crippen LogP contribution in [0.4, 0.5) is 8.78 Å². The largest absolute Gasteiger partial charge is 0.475 e. The van der Waals surface area contributed by atoms with Gasteiger partial charge in [0.2, 0.25) is 5.76 Å². The summed E-state index contributed by atoms with van der Waals surface area (Å²) >= 11 is 0. The number of aromatic carboxylic acids is 1. The molecule has 1 unspecified atom stereocenters. The minimum absolute atomic E-state index is 0.0630. The van der Waals surface area contributed by atoms with Gasteiger partial charge in [-0.1, -0.05) is 6.07 Å². The van der Waals surface area contributed by atoms with Gasteiger partial charge in [-0.15, -0.1) is 0 Å². The van der Waals surface area contributed by atoms with Gasteiger partial charge in [-0.3, -0.25) is 4.21 Å². The molecule has 0 aliphatic carbocycles. The molecule has 0 aliphatic rings. The molecule has 1 aromatic carbocycles. The highest BCUT2D eigenvalue weighted by Gasteiger charge is 2.15. The molecule has 0 fully saturated rings. The Morgan fingerprint density at radius 2 is 2.00 bits per heavy atom. The zero-order chi connectivity index (χ0) is 14.0. The number of rotatable bonds is 4. The summed E-state index contributed by atoms with van der Waals surface area (Å²) in [5, 5.41) is 8.58. The summed E-state index contributed by atoms with van der Waals surface area (Å²) < 4.78 is 42.8. The second kappa shape index (κ2) is 5.31. The lowest BCUT2D eigenvalue weighted by Gasteiger charge is -2.01. The number of carboxylic acid groups (broad SMARTS) is 1. The van der Waals surface area contributed by atoms with E-state index in [1.54, 1.807) is 0 Å². The van der Waals surface area contributed by atoms with Gasteiger partial charge in [0, 0.05) is 11.6 Å². The molecule has 1 atom stereocenters. The van der Waals surface area contributed by atoms with Crippen molar-refractivity contribution in [1.29, 1.82) is 0 Å². The number of halogens is 2. The zero-order valence-corrected chi connectivity index (χ0v) is 10.2. The first-order valence-corrected chi connectivity index (χ1v) is 6.44. The maximum Gasteiger partial charge on any atom is 0.371 e. The highest BCUT2D eigenvalue weighted by atomic mass is 32.2. The van der Waals surface area contributed by atoms with Crippen LogP contribution in [0, 0.1) is 11.6 Å². The van der Waals surface area contributed by atoms with E-state index >= 15 is 0 Å². The van der Waals surface area contributed by atoms with Crippen molar-refractivity contribution in [3.8, 4) is 0 Å². The van der Waals surface area contributed by atoms with Crippen molar-refractivity contribution in [2.45, 2.75) is 10.8 Å². The third-order valence-corrected chi connectivity index (χ3v) is 3.56. The molecular formula is C12H8F2O4S. The SMILES string of the molecule is O=C(O)c1ccc(S(=O)Cc2ccc(F)cc2F)o1. The monoisotopic (exact) mass is 286 g/mol. The van der Waals surface area contributed by atoms with Crippen molar-refractivity contribution < 1.29 is 27.3 Å². The second-order valence-corrected chi connectivity index (χ2v) is 5.03. The molecule has 0 radical (unpaired) electrons. The number of benzene rings is 1. The maximum atomic E-state index is 13.4. The summed E-state index contributed by atoms with van der Waals surface area (Å²) in [7, 11) is -1.74. The van der Waals surface area contributed by atoms with Gasteiger partial charge in [-0.2, -0.15) is 0 Å². The summed E-state index contributed by atoms with van der Waals surface area (Å²) in [5.74, 6) is -3.38. The topological polar surface area (TPSA) is 67.5 Å². The lowest BCUT2D eigenvalue weighted by molar-refractivity contribution is 0.0656. The van der Waals surface area contributed by atoms with Crippen molar-refractivity contribution in [2.24, 2.45) is 0 Å². The average molecular weight is 286 g/mol. The molecule has 4 nitrogen and oxygen atoms in total. The minimum Gasteiger partial charge on any atom is -0.475 e. The number of hydrogen-bond acceptors (Lipinski definition) is 3. The number of hydrogen-bond donors (Lipinski definition) is 1. The number of furan rings is 1. The van der Waals surface area contributed by atoms with Gasteiger partial charge in [0.1, 0.15) is 11.6 Å². The number of carboxylic acids is 1. The Morgan fingerprint density at radius 3 is 2.58 bits per heavy atom. The van der Waals surface area contributed by atoms with Crippen LogP contribution < -0.4 is 0 Å². The van der Waals surface area contributed by atoms with Crippen LogP contribution in [0.5, 0.6) is 0 Å². The molecule has 1 aromatic heterocycles. The fourth-order valence-electron chi connectivity index (χ4n) is 1.41. The van der Waals surface area contributed by atoms with Crippen molar-refractivity contribution in [2.75, 3.05) is 0 Å². The Balaban J connectivity index is 2.18. The van der Waals surface area contributed by atoms with E-state index in [9.17, 15) is 17.8 Å². The quantitative estimate of drug-likeness (QED) is 0.938. The van der Waals surface area contributed by atoms with Crippen LogP contribution >= 0.6 is 0 Å². The van der Waals surface area contributed by atoms with Gasteiger partial charge in [0.15, 0.2) is 5.09 Å². The number of carbonyl (C=O) groups is 1. The van der Waals surface area contributed by atoms with E-state index in [4.69, 9.17) is 9.52 Å². The van der Waals surface area contributed by atoms with Gasteiger partial charge >= 0.3 is 5.97 Å². The first kappa shape index (κ1) is 13.4. The van der Waals surface area contributed by atoms with Gasteiger partial charge in [0.25, 0.3) is 0 Å². The smallest absolute Gasteiger partial charge is 0.371 e. The van der Waals surface area contributed by atoms with Gasteiger partial charge in [0.05, 0.1) is 16.6 Å². The van der Waals surface area contributed by atoms with Gasteiger partial charge in [-0.25, -0.2) is 13.6 Å². The molecule has 0 spiro atoms. The maximum absolute atomic E-state index is 13.4. The van der Waals surface area contributed by atoms with E-state index in [0.717, 1.165) is 12.1 Å². The third kappa shape index (κ3) is 3.05. The summed E-state index contributed by atoms with van der Waals surface area (Å²) in [6.45, 7) is 0. The molecule has 2 aromatic rings. The Hall–Kier alpha value is -2.02. The fourth-order valence-corrected chi connectivity index (χ4v) is 2.47. The van der Waals surface area contributed by atoms with Crippen LogP contribution in [0.1, 0.15) is 16.1 Å². The summed E-state index contributed by atoms with van der Waals surface area (Å²) in [4.78, 5) is 10.6. The van der Waals surface area contributed by atoms with Crippen molar-refractivity contribution in [3.05, 3.63) is 53.3 Å². The van der Waals surface area contributed by atoms with Gasteiger partial charge in [-0.05, 0) is 18.2 Å². The fraction of sp³-hybridized carbons (Fsp3) is 0.0833. The first-order chi connectivity index (χ1) is 8.97. The molecular weight excluding hydrogens is 278 g/mol. The van der Waals surface area contributed by atoms with Crippen LogP contribution in [0.3, 0.4) is 0 Å². The predicted octanol–water partition coefficient (Wildman–Crippen LogP) is 2.56. The van der Waals surface area contributed by atoms with E-state index < -0.39 is 28.4 Å². The molecule has 0 saturated carbocycles. The van der Waals surface area contributed by atoms with Gasteiger partial charge < -0.3 is 9.52 Å². The summed E-state index contributed by atoms with van der Waals surface area (Å²) in [5.41, 5.74) is 0.0630. The first-order valence-electron chi connectivity index (χ1n) is 5.13. The molecule has 7 heteroatoms. The third-order valence-electron chi connectivity index (χ3n) is 2.32. The minimum atomic E-state index is -1.74. The van der Waals surface area contributed by atoms with Crippen LogP contribution in [0.25, 0.3) is 0 Å². The van der Waals surface area contributed by atoms with Crippen LogP contribution in [0.15, 0.2) is 39.8 Å². The van der Waals surface area contributed by atoms with E-state index in [0.29, 0.717) is 6.07 Å². The second-order valence-electron chi connectivity index (χ2n) is 3.65. The zero-order valence-electron chi connectivity index (χ0n) is 9.43. The Morgan fingerprint density at radius 1 is 1.26 bits per heavy atom. The van der Waals surface area contributed by atoms with Crippen molar-refractivity contribution >= 4 is 16.8 Å². The Bertz CT molecular complexity index is 651. The standard InChI is InChI=1S/C12H8F2O4S/c13-8-2-1-7(9(14)5-8)6-19(17)11-4-3-10(18-11)12(15)16/h1-5H,6H2,(H,15,16).